The third-order valence-corrected chi connectivity index (χ3v) is 5.22. The van der Waals surface area contributed by atoms with E-state index in [1.807, 2.05) is 12.1 Å². The third kappa shape index (κ3) is 4.20. The maximum atomic E-state index is 6.25. The van der Waals surface area contributed by atoms with Gasteiger partial charge >= 0.3 is 0 Å². The van der Waals surface area contributed by atoms with Crippen molar-refractivity contribution in [3.05, 3.63) is 54.6 Å². The van der Waals surface area contributed by atoms with Gasteiger partial charge in [-0.05, 0) is 52.7 Å². The van der Waals surface area contributed by atoms with E-state index in [1.54, 1.807) is 17.4 Å². The van der Waals surface area contributed by atoms with Gasteiger partial charge in [-0.25, -0.2) is 0 Å². The average Bonchev–Trinajstić information content (AvgIpc) is 2.78. The van der Waals surface area contributed by atoms with Crippen molar-refractivity contribution >= 4 is 50.5 Å². The summed E-state index contributed by atoms with van der Waals surface area (Å²) in [5, 5.41) is 7.00. The predicted octanol–water partition coefficient (Wildman–Crippen LogP) is 5.71. The molecule has 0 bridgehead atoms. The molecule has 0 aliphatic heterocycles. The van der Waals surface area contributed by atoms with Crippen molar-refractivity contribution in [1.82, 2.24) is 5.32 Å². The Bertz CT molecular complexity index is 556. The molecular formula is C14H14BrCl2NS. The molecule has 0 saturated carbocycles. The Morgan fingerprint density at radius 1 is 1.32 bits per heavy atom. The Hall–Kier alpha value is -0.0600. The van der Waals surface area contributed by atoms with Gasteiger partial charge in [0, 0.05) is 30.8 Å². The number of likely N-dealkylation sites (N-methyl/N-ethyl adjacent to an activating group) is 1. The fourth-order valence-corrected chi connectivity index (χ4v) is 3.94. The molecule has 2 aromatic rings. The molecule has 0 spiro atoms. The maximum Gasteiger partial charge on any atom is 0.0456 e. The van der Waals surface area contributed by atoms with E-state index in [-0.39, 0.29) is 6.04 Å². The molecule has 0 amide bonds. The van der Waals surface area contributed by atoms with Gasteiger partial charge in [0.05, 0.1) is 0 Å². The lowest BCUT2D eigenvalue weighted by atomic mass is 10.0. The first-order chi connectivity index (χ1) is 9.10. The summed E-state index contributed by atoms with van der Waals surface area (Å²) in [6, 6.07) is 8.11. The third-order valence-electron chi connectivity index (χ3n) is 2.82. The first kappa shape index (κ1) is 15.3. The highest BCUT2D eigenvalue weighted by atomic mass is 79.9. The van der Waals surface area contributed by atoms with Crippen LogP contribution in [0.15, 0.2) is 34.1 Å². The van der Waals surface area contributed by atoms with Crippen molar-refractivity contribution in [3.63, 3.8) is 0 Å². The molecule has 1 atom stereocenters. The number of rotatable bonds is 5. The van der Waals surface area contributed by atoms with E-state index in [0.29, 0.717) is 5.02 Å². The van der Waals surface area contributed by atoms with Crippen molar-refractivity contribution in [3.8, 4) is 0 Å². The molecule has 0 fully saturated rings. The number of hydrogen-bond donors (Lipinski definition) is 1. The topological polar surface area (TPSA) is 12.0 Å². The monoisotopic (exact) mass is 377 g/mol. The Morgan fingerprint density at radius 3 is 2.68 bits per heavy atom. The van der Waals surface area contributed by atoms with Crippen molar-refractivity contribution < 1.29 is 0 Å². The second kappa shape index (κ2) is 7.09. The molecule has 0 aliphatic rings. The van der Waals surface area contributed by atoms with Crippen LogP contribution in [0.25, 0.3) is 0 Å². The van der Waals surface area contributed by atoms with E-state index in [9.17, 15) is 0 Å². The van der Waals surface area contributed by atoms with E-state index in [1.165, 1.54) is 4.88 Å². The standard InChI is InChI=1S/C14H14BrCl2NS/c1-2-18-13(14-6-10(15)8-19-14)5-9-3-4-11(16)7-12(9)17/h3-4,6-8,13,18H,2,5H2,1H3. The lowest BCUT2D eigenvalue weighted by Gasteiger charge is -2.17. The maximum absolute atomic E-state index is 6.25. The number of benzene rings is 1. The van der Waals surface area contributed by atoms with Crippen molar-refractivity contribution in [2.75, 3.05) is 6.54 Å². The molecule has 2 rings (SSSR count). The molecule has 1 unspecified atom stereocenters. The fourth-order valence-electron chi connectivity index (χ4n) is 1.94. The zero-order chi connectivity index (χ0) is 13.8. The summed E-state index contributed by atoms with van der Waals surface area (Å²) in [7, 11) is 0. The van der Waals surface area contributed by atoms with Gasteiger partial charge in [0.25, 0.3) is 0 Å². The molecule has 1 heterocycles. The van der Waals surface area contributed by atoms with Crippen LogP contribution in [0.5, 0.6) is 0 Å². The largest absolute Gasteiger partial charge is 0.309 e. The highest BCUT2D eigenvalue weighted by molar-refractivity contribution is 9.10. The Kier molecular flexibility index (Phi) is 5.72. The van der Waals surface area contributed by atoms with Crippen molar-refractivity contribution in [1.29, 1.82) is 0 Å². The van der Waals surface area contributed by atoms with E-state index in [2.05, 4.69) is 39.6 Å². The second-order valence-electron chi connectivity index (χ2n) is 4.22. The van der Waals surface area contributed by atoms with E-state index < -0.39 is 0 Å². The van der Waals surface area contributed by atoms with Gasteiger partial charge in [0.15, 0.2) is 0 Å². The van der Waals surface area contributed by atoms with E-state index in [4.69, 9.17) is 23.2 Å². The normalized spacial score (nSPS) is 12.6. The summed E-state index contributed by atoms with van der Waals surface area (Å²) in [4.78, 5) is 1.31. The highest BCUT2D eigenvalue weighted by Gasteiger charge is 2.15. The van der Waals surface area contributed by atoms with Crippen LogP contribution in [-0.4, -0.2) is 6.54 Å². The molecule has 0 saturated heterocycles. The molecule has 5 heteroatoms. The first-order valence-electron chi connectivity index (χ1n) is 6.01. The van der Waals surface area contributed by atoms with Gasteiger partial charge in [-0.2, -0.15) is 0 Å². The van der Waals surface area contributed by atoms with E-state index in [0.717, 1.165) is 28.0 Å². The Labute approximate surface area is 136 Å². The van der Waals surface area contributed by atoms with Crippen molar-refractivity contribution in [2.45, 2.75) is 19.4 Å². The zero-order valence-corrected chi connectivity index (χ0v) is 14.3. The van der Waals surface area contributed by atoms with Crippen LogP contribution in [0, 0.1) is 0 Å². The van der Waals surface area contributed by atoms with Crippen molar-refractivity contribution in [2.24, 2.45) is 0 Å². The quantitative estimate of drug-likeness (QED) is 0.702. The van der Waals surface area contributed by atoms with Gasteiger partial charge < -0.3 is 5.32 Å². The highest BCUT2D eigenvalue weighted by Crippen LogP contribution is 2.30. The zero-order valence-electron chi connectivity index (χ0n) is 10.4. The summed E-state index contributed by atoms with van der Waals surface area (Å²) in [5.74, 6) is 0. The van der Waals surface area contributed by atoms with E-state index >= 15 is 0 Å². The lowest BCUT2D eigenvalue weighted by Crippen LogP contribution is -2.22. The van der Waals surface area contributed by atoms with Crippen LogP contribution in [0.4, 0.5) is 0 Å². The lowest BCUT2D eigenvalue weighted by molar-refractivity contribution is 0.558. The van der Waals surface area contributed by atoms with Gasteiger partial charge in [-0.1, -0.05) is 36.2 Å². The molecular weight excluding hydrogens is 365 g/mol. The minimum absolute atomic E-state index is 0.278. The second-order valence-corrected chi connectivity index (χ2v) is 6.92. The van der Waals surface area contributed by atoms with Crippen LogP contribution in [0.1, 0.15) is 23.4 Å². The smallest absolute Gasteiger partial charge is 0.0456 e. The number of halogens is 3. The SMILES string of the molecule is CCNC(Cc1ccc(Cl)cc1Cl)c1cc(Br)cs1. The predicted molar refractivity (Wildman–Crippen MR) is 88.6 cm³/mol. The van der Waals surface area contributed by atoms with Crippen LogP contribution in [0.3, 0.4) is 0 Å². The number of nitrogens with one attached hydrogen (secondary N) is 1. The minimum atomic E-state index is 0.278. The summed E-state index contributed by atoms with van der Waals surface area (Å²) < 4.78 is 1.12. The molecule has 1 N–H and O–H groups in total. The molecule has 0 aliphatic carbocycles. The molecule has 0 radical (unpaired) electrons. The summed E-state index contributed by atoms with van der Waals surface area (Å²) in [5.41, 5.74) is 1.11. The molecule has 1 nitrogen and oxygen atoms in total. The van der Waals surface area contributed by atoms with Gasteiger partial charge in [-0.3, -0.25) is 0 Å². The van der Waals surface area contributed by atoms with Crippen LogP contribution < -0.4 is 5.32 Å². The Morgan fingerprint density at radius 2 is 2.11 bits per heavy atom. The Balaban J connectivity index is 2.21. The summed E-state index contributed by atoms with van der Waals surface area (Å²) in [6.07, 6.45) is 0.858. The summed E-state index contributed by atoms with van der Waals surface area (Å²) in [6.45, 7) is 3.03. The van der Waals surface area contributed by atoms with Crippen LogP contribution in [0.2, 0.25) is 10.0 Å². The fraction of sp³-hybridized carbons (Fsp3) is 0.286. The van der Waals surface area contributed by atoms with Crippen LogP contribution >= 0.6 is 50.5 Å². The average molecular weight is 379 g/mol. The van der Waals surface area contributed by atoms with Gasteiger partial charge in [-0.15, -0.1) is 11.3 Å². The molecule has 102 valence electrons. The molecule has 1 aromatic heterocycles. The number of hydrogen-bond acceptors (Lipinski definition) is 2. The molecule has 19 heavy (non-hydrogen) atoms. The summed E-state index contributed by atoms with van der Waals surface area (Å²) >= 11 is 17.4. The van der Waals surface area contributed by atoms with Gasteiger partial charge in [0.2, 0.25) is 0 Å². The molecule has 1 aromatic carbocycles. The first-order valence-corrected chi connectivity index (χ1v) is 8.44. The number of thiophene rings is 1. The van der Waals surface area contributed by atoms with Crippen LogP contribution in [-0.2, 0) is 6.42 Å². The minimum Gasteiger partial charge on any atom is -0.309 e. The van der Waals surface area contributed by atoms with Gasteiger partial charge in [0.1, 0.15) is 0 Å².